The average molecular weight is 319 g/mol. The molecule has 1 saturated carbocycles. The van der Waals surface area contributed by atoms with Gasteiger partial charge in [0.15, 0.2) is 0 Å². The number of carboxylic acid groups (broad SMARTS) is 1. The molecule has 2 N–H and O–H groups in total. The van der Waals surface area contributed by atoms with Crippen LogP contribution in [0.15, 0.2) is 18.2 Å². The number of benzene rings is 1. The molecule has 23 heavy (non-hydrogen) atoms. The largest absolute Gasteiger partial charge is 0.481 e. The molecular weight excluding hydrogens is 297 g/mol. The number of rotatable bonds is 7. The van der Waals surface area contributed by atoms with Gasteiger partial charge in [-0.05, 0) is 43.2 Å². The van der Waals surface area contributed by atoms with Gasteiger partial charge in [-0.15, -0.1) is 0 Å². The van der Waals surface area contributed by atoms with Crippen LogP contribution in [0.25, 0.3) is 0 Å². The summed E-state index contributed by atoms with van der Waals surface area (Å²) in [5, 5.41) is 28.6. The third-order valence-corrected chi connectivity index (χ3v) is 4.81. The Bertz CT molecular complexity index is 605. The molecular formula is C18H22FNO3. The maximum atomic E-state index is 13.9. The third-order valence-electron chi connectivity index (χ3n) is 4.81. The van der Waals surface area contributed by atoms with Crippen molar-refractivity contribution >= 4 is 5.97 Å². The molecule has 0 radical (unpaired) electrons. The van der Waals surface area contributed by atoms with Crippen molar-refractivity contribution in [2.24, 2.45) is 5.92 Å². The van der Waals surface area contributed by atoms with E-state index in [4.69, 9.17) is 10.4 Å². The van der Waals surface area contributed by atoms with Crippen LogP contribution in [0.2, 0.25) is 0 Å². The summed E-state index contributed by atoms with van der Waals surface area (Å²) >= 11 is 0. The highest BCUT2D eigenvalue weighted by atomic mass is 19.1. The second-order valence-electron chi connectivity index (χ2n) is 6.42. The lowest BCUT2D eigenvalue weighted by molar-refractivity contribution is -0.145. The van der Waals surface area contributed by atoms with Crippen LogP contribution in [0, 0.1) is 23.1 Å². The van der Waals surface area contributed by atoms with Crippen LogP contribution in [0.5, 0.6) is 0 Å². The topological polar surface area (TPSA) is 81.3 Å². The minimum atomic E-state index is -1.23. The smallest absolute Gasteiger partial charge is 0.306 e. The number of aryl methyl sites for hydroxylation is 1. The molecule has 0 saturated heterocycles. The molecule has 0 bridgehead atoms. The van der Waals surface area contributed by atoms with E-state index in [1.165, 1.54) is 6.07 Å². The van der Waals surface area contributed by atoms with Gasteiger partial charge in [-0.3, -0.25) is 4.79 Å². The molecule has 4 nitrogen and oxygen atoms in total. The number of nitrogens with zero attached hydrogens (tertiary/aromatic N) is 1. The maximum absolute atomic E-state index is 13.9. The van der Waals surface area contributed by atoms with Crippen LogP contribution in [-0.4, -0.2) is 21.8 Å². The number of aliphatic hydroxyl groups is 1. The summed E-state index contributed by atoms with van der Waals surface area (Å²) in [6, 6.07) is 6.62. The Labute approximate surface area is 135 Å². The highest BCUT2D eigenvalue weighted by molar-refractivity contribution is 5.68. The Morgan fingerprint density at radius 3 is 2.65 bits per heavy atom. The molecule has 0 heterocycles. The Kier molecular flexibility index (Phi) is 5.73. The van der Waals surface area contributed by atoms with E-state index in [1.807, 2.05) is 6.07 Å². The molecule has 0 aliphatic heterocycles. The zero-order chi connectivity index (χ0) is 16.9. The first kappa shape index (κ1) is 17.4. The normalized spacial score (nSPS) is 17.6. The lowest BCUT2D eigenvalue weighted by Crippen LogP contribution is -2.39. The molecule has 1 atom stereocenters. The van der Waals surface area contributed by atoms with E-state index in [0.717, 1.165) is 25.7 Å². The predicted octanol–water partition coefficient (Wildman–Crippen LogP) is 3.22. The summed E-state index contributed by atoms with van der Waals surface area (Å²) in [6.07, 6.45) is 4.21. The van der Waals surface area contributed by atoms with Crippen LogP contribution in [-0.2, 0) is 17.6 Å². The molecule has 0 amide bonds. The predicted molar refractivity (Wildman–Crippen MR) is 83.2 cm³/mol. The fourth-order valence-corrected chi connectivity index (χ4v) is 3.50. The summed E-state index contributed by atoms with van der Waals surface area (Å²) in [5.74, 6) is -1.43. The van der Waals surface area contributed by atoms with Crippen LogP contribution < -0.4 is 0 Å². The van der Waals surface area contributed by atoms with E-state index in [1.54, 1.807) is 12.1 Å². The third kappa shape index (κ3) is 4.52. The van der Waals surface area contributed by atoms with Crippen molar-refractivity contribution in [2.45, 2.75) is 57.0 Å². The SMILES string of the molecule is N#CCc1ccc(CCC(O)(CC(=O)O)C2CCCC2)cc1F. The molecule has 0 spiro atoms. The van der Waals surface area contributed by atoms with Crippen molar-refractivity contribution in [3.8, 4) is 6.07 Å². The molecule has 1 fully saturated rings. The fourth-order valence-electron chi connectivity index (χ4n) is 3.50. The first-order valence-electron chi connectivity index (χ1n) is 8.03. The van der Waals surface area contributed by atoms with Crippen molar-refractivity contribution in [3.05, 3.63) is 35.1 Å². The van der Waals surface area contributed by atoms with E-state index in [-0.39, 0.29) is 18.8 Å². The molecule has 1 aromatic carbocycles. The van der Waals surface area contributed by atoms with Gasteiger partial charge >= 0.3 is 5.97 Å². The van der Waals surface area contributed by atoms with E-state index < -0.39 is 17.4 Å². The summed E-state index contributed by atoms with van der Waals surface area (Å²) in [7, 11) is 0. The Balaban J connectivity index is 2.07. The van der Waals surface area contributed by atoms with E-state index in [2.05, 4.69) is 0 Å². The van der Waals surface area contributed by atoms with Crippen molar-refractivity contribution in [3.63, 3.8) is 0 Å². The van der Waals surface area contributed by atoms with Crippen molar-refractivity contribution in [1.82, 2.24) is 0 Å². The minimum Gasteiger partial charge on any atom is -0.481 e. The molecule has 0 aromatic heterocycles. The zero-order valence-electron chi connectivity index (χ0n) is 13.1. The second kappa shape index (κ2) is 7.56. The van der Waals surface area contributed by atoms with Gasteiger partial charge in [0.2, 0.25) is 0 Å². The molecule has 1 aliphatic rings. The monoisotopic (exact) mass is 319 g/mol. The maximum Gasteiger partial charge on any atom is 0.306 e. The lowest BCUT2D eigenvalue weighted by atomic mass is 9.79. The zero-order valence-corrected chi connectivity index (χ0v) is 13.1. The van der Waals surface area contributed by atoms with Gasteiger partial charge in [0.1, 0.15) is 5.82 Å². The molecule has 5 heteroatoms. The number of aliphatic carboxylic acids is 1. The number of halogens is 1. The fraction of sp³-hybridized carbons (Fsp3) is 0.556. The van der Waals surface area contributed by atoms with Gasteiger partial charge in [-0.1, -0.05) is 25.0 Å². The number of nitriles is 1. The number of carbonyl (C=O) groups is 1. The van der Waals surface area contributed by atoms with Gasteiger partial charge in [-0.2, -0.15) is 5.26 Å². The van der Waals surface area contributed by atoms with Crippen LogP contribution in [0.4, 0.5) is 4.39 Å². The summed E-state index contributed by atoms with van der Waals surface area (Å²) in [6.45, 7) is 0. The Morgan fingerprint density at radius 2 is 2.09 bits per heavy atom. The van der Waals surface area contributed by atoms with Crippen molar-refractivity contribution in [1.29, 1.82) is 5.26 Å². The first-order chi connectivity index (χ1) is 10.9. The standard InChI is InChI=1S/C18H22FNO3/c19-16-11-13(5-6-14(16)8-10-20)7-9-18(23,12-17(21)22)15-3-1-2-4-15/h5-6,11,15,23H,1-4,7-9,12H2,(H,21,22). The average Bonchev–Trinajstić information content (AvgIpc) is 3.02. The molecule has 124 valence electrons. The van der Waals surface area contributed by atoms with Gasteiger partial charge in [-0.25, -0.2) is 4.39 Å². The highest BCUT2D eigenvalue weighted by Crippen LogP contribution is 2.39. The Hall–Kier alpha value is -1.93. The van der Waals surface area contributed by atoms with Crippen LogP contribution in [0.1, 0.15) is 49.7 Å². The van der Waals surface area contributed by atoms with E-state index >= 15 is 0 Å². The van der Waals surface area contributed by atoms with Gasteiger partial charge in [0.25, 0.3) is 0 Å². The Morgan fingerprint density at radius 1 is 1.39 bits per heavy atom. The number of hydrogen-bond acceptors (Lipinski definition) is 3. The summed E-state index contributed by atoms with van der Waals surface area (Å²) < 4.78 is 13.9. The van der Waals surface area contributed by atoms with Crippen molar-refractivity contribution < 1.29 is 19.4 Å². The van der Waals surface area contributed by atoms with Crippen LogP contribution in [0.3, 0.4) is 0 Å². The van der Waals surface area contributed by atoms with E-state index in [0.29, 0.717) is 24.0 Å². The second-order valence-corrected chi connectivity index (χ2v) is 6.42. The quantitative estimate of drug-likeness (QED) is 0.808. The van der Waals surface area contributed by atoms with E-state index in [9.17, 15) is 14.3 Å². The number of hydrogen-bond donors (Lipinski definition) is 2. The minimum absolute atomic E-state index is 0.00121. The lowest BCUT2D eigenvalue weighted by Gasteiger charge is -2.33. The highest BCUT2D eigenvalue weighted by Gasteiger charge is 2.39. The number of carboxylic acids is 1. The van der Waals surface area contributed by atoms with Crippen LogP contribution >= 0.6 is 0 Å². The molecule has 1 aromatic rings. The van der Waals surface area contributed by atoms with Gasteiger partial charge < -0.3 is 10.2 Å². The summed E-state index contributed by atoms with van der Waals surface area (Å²) in [4.78, 5) is 11.1. The van der Waals surface area contributed by atoms with Gasteiger partial charge in [0.05, 0.1) is 24.5 Å². The van der Waals surface area contributed by atoms with Gasteiger partial charge in [0, 0.05) is 5.56 Å². The molecule has 1 aliphatic carbocycles. The molecule has 1 unspecified atom stereocenters. The first-order valence-corrected chi connectivity index (χ1v) is 8.03. The molecule has 2 rings (SSSR count). The van der Waals surface area contributed by atoms with Crippen molar-refractivity contribution in [2.75, 3.05) is 0 Å². The summed E-state index contributed by atoms with van der Waals surface area (Å²) in [5.41, 5.74) is -0.164.